The molecule has 2 aromatic heterocycles. The zero-order valence-corrected chi connectivity index (χ0v) is 16.0. The Morgan fingerprint density at radius 1 is 1.35 bits per heavy atom. The molecule has 1 aliphatic carbocycles. The molecule has 0 aliphatic heterocycles. The highest BCUT2D eigenvalue weighted by molar-refractivity contribution is 7.80. The molecule has 26 heavy (non-hydrogen) atoms. The molecule has 2 N–H and O–H groups in total. The normalized spacial score (nSPS) is 12.8. The van der Waals surface area contributed by atoms with Gasteiger partial charge in [-0.2, -0.15) is 0 Å². The molecule has 0 fully saturated rings. The van der Waals surface area contributed by atoms with E-state index < -0.39 is 0 Å². The number of hydrogen-bond acceptors (Lipinski definition) is 6. The fourth-order valence-corrected chi connectivity index (χ4v) is 4.42. The number of thiophene rings is 1. The van der Waals surface area contributed by atoms with Crippen LogP contribution in [-0.2, 0) is 17.6 Å². The molecule has 1 amide bonds. The lowest BCUT2D eigenvalue weighted by Gasteiger charge is -2.13. The fraction of sp³-hybridized carbons (Fsp3) is 0.333. The van der Waals surface area contributed by atoms with Gasteiger partial charge in [0, 0.05) is 17.3 Å². The van der Waals surface area contributed by atoms with Crippen LogP contribution in [0.15, 0.2) is 24.5 Å². The van der Waals surface area contributed by atoms with E-state index in [1.807, 2.05) is 0 Å². The number of fused-ring (bicyclic) bond motifs is 1. The van der Waals surface area contributed by atoms with Gasteiger partial charge in [-0.15, -0.1) is 11.3 Å². The monoisotopic (exact) mass is 389 g/mol. The van der Waals surface area contributed by atoms with E-state index in [-0.39, 0.29) is 17.0 Å². The average molecular weight is 390 g/mol. The number of carbonyl (C=O) groups excluding carboxylic acids is 2. The molecular formula is C18H19N3O3S2. The lowest BCUT2D eigenvalue weighted by molar-refractivity contribution is 0.0526. The van der Waals surface area contributed by atoms with Crippen LogP contribution in [0.1, 0.15) is 50.9 Å². The molecule has 0 aromatic carbocycles. The van der Waals surface area contributed by atoms with Crippen LogP contribution in [0.3, 0.4) is 0 Å². The molecule has 2 aromatic rings. The van der Waals surface area contributed by atoms with Gasteiger partial charge >= 0.3 is 5.97 Å². The van der Waals surface area contributed by atoms with Crippen molar-refractivity contribution in [2.75, 3.05) is 11.9 Å². The zero-order valence-electron chi connectivity index (χ0n) is 14.3. The van der Waals surface area contributed by atoms with Crippen molar-refractivity contribution in [1.82, 2.24) is 10.3 Å². The van der Waals surface area contributed by atoms with Gasteiger partial charge in [-0.05, 0) is 62.5 Å². The summed E-state index contributed by atoms with van der Waals surface area (Å²) in [5.41, 5.74) is 2.00. The average Bonchev–Trinajstić information content (AvgIpc) is 3.00. The van der Waals surface area contributed by atoms with Gasteiger partial charge in [-0.3, -0.25) is 15.1 Å². The number of hydrogen-bond donors (Lipinski definition) is 2. The summed E-state index contributed by atoms with van der Waals surface area (Å²) < 4.78 is 5.21. The van der Waals surface area contributed by atoms with Gasteiger partial charge < -0.3 is 10.1 Å². The highest BCUT2D eigenvalue weighted by Gasteiger charge is 2.27. The van der Waals surface area contributed by atoms with Crippen LogP contribution in [0.4, 0.5) is 5.00 Å². The summed E-state index contributed by atoms with van der Waals surface area (Å²) in [5, 5.41) is 6.40. The Bertz CT molecular complexity index is 834. The Hall–Kier alpha value is -2.32. The number of thiocarbonyl (C=S) groups is 1. The smallest absolute Gasteiger partial charge is 0.341 e. The molecule has 3 rings (SSSR count). The lowest BCUT2D eigenvalue weighted by Crippen LogP contribution is -2.34. The molecule has 0 radical (unpaired) electrons. The fourth-order valence-electron chi connectivity index (χ4n) is 2.88. The summed E-state index contributed by atoms with van der Waals surface area (Å²) in [4.78, 5) is 29.7. The van der Waals surface area contributed by atoms with Crippen LogP contribution < -0.4 is 10.6 Å². The number of aromatic nitrogens is 1. The molecule has 0 unspecified atom stereocenters. The topological polar surface area (TPSA) is 80.3 Å². The van der Waals surface area contributed by atoms with Crippen molar-refractivity contribution in [3.8, 4) is 0 Å². The predicted octanol–water partition coefficient (Wildman–Crippen LogP) is 3.33. The van der Waals surface area contributed by atoms with Crippen molar-refractivity contribution in [1.29, 1.82) is 0 Å². The first kappa shape index (κ1) is 18.5. The number of amides is 1. The Labute approximate surface area is 161 Å². The Balaban J connectivity index is 1.78. The summed E-state index contributed by atoms with van der Waals surface area (Å²) in [6.45, 7) is 2.09. The van der Waals surface area contributed by atoms with Crippen molar-refractivity contribution < 1.29 is 14.3 Å². The van der Waals surface area contributed by atoms with Gasteiger partial charge in [0.15, 0.2) is 5.11 Å². The number of ether oxygens (including phenoxy) is 1. The zero-order chi connectivity index (χ0) is 18.5. The van der Waals surface area contributed by atoms with Crippen LogP contribution in [0, 0.1) is 0 Å². The first-order chi connectivity index (χ1) is 12.6. The number of anilines is 1. The minimum Gasteiger partial charge on any atom is -0.462 e. The molecule has 8 heteroatoms. The second kappa shape index (κ2) is 8.37. The molecular weight excluding hydrogens is 370 g/mol. The van der Waals surface area contributed by atoms with E-state index in [0.717, 1.165) is 31.2 Å². The highest BCUT2D eigenvalue weighted by Crippen LogP contribution is 2.38. The standard InChI is InChI=1S/C18H19N3O3S2/c1-2-24-17(23)14-12-7-3-4-8-13(12)26-16(14)21-18(25)20-15(22)11-6-5-9-19-10-11/h5-6,9-10H,2-4,7-8H2,1H3,(H2,20,21,22,25). The van der Waals surface area contributed by atoms with Crippen molar-refractivity contribution in [2.24, 2.45) is 0 Å². The van der Waals surface area contributed by atoms with Gasteiger partial charge in [0.25, 0.3) is 5.91 Å². The van der Waals surface area contributed by atoms with Gasteiger partial charge in [0.05, 0.1) is 17.7 Å². The van der Waals surface area contributed by atoms with Gasteiger partial charge in [0.2, 0.25) is 0 Å². The molecule has 1 aliphatic rings. The number of rotatable bonds is 4. The van der Waals surface area contributed by atoms with E-state index in [4.69, 9.17) is 17.0 Å². The molecule has 136 valence electrons. The van der Waals surface area contributed by atoms with Crippen LogP contribution >= 0.6 is 23.6 Å². The predicted molar refractivity (Wildman–Crippen MR) is 105 cm³/mol. The van der Waals surface area contributed by atoms with E-state index in [9.17, 15) is 9.59 Å². The van der Waals surface area contributed by atoms with E-state index in [1.54, 1.807) is 25.3 Å². The van der Waals surface area contributed by atoms with E-state index >= 15 is 0 Å². The van der Waals surface area contributed by atoms with Gasteiger partial charge in [0.1, 0.15) is 5.00 Å². The third-order valence-electron chi connectivity index (χ3n) is 4.03. The summed E-state index contributed by atoms with van der Waals surface area (Å²) in [6.07, 6.45) is 7.02. The van der Waals surface area contributed by atoms with E-state index in [2.05, 4.69) is 15.6 Å². The van der Waals surface area contributed by atoms with Crippen molar-refractivity contribution in [3.05, 3.63) is 46.1 Å². The largest absolute Gasteiger partial charge is 0.462 e. The molecule has 0 spiro atoms. The maximum Gasteiger partial charge on any atom is 0.341 e. The first-order valence-electron chi connectivity index (χ1n) is 8.44. The second-order valence-corrected chi connectivity index (χ2v) is 7.30. The maximum absolute atomic E-state index is 12.4. The van der Waals surface area contributed by atoms with Crippen molar-refractivity contribution in [2.45, 2.75) is 32.6 Å². The minimum atomic E-state index is -0.352. The summed E-state index contributed by atoms with van der Waals surface area (Å²) in [7, 11) is 0. The number of nitrogens with zero attached hydrogens (tertiary/aromatic N) is 1. The van der Waals surface area contributed by atoms with Crippen LogP contribution in [-0.4, -0.2) is 28.6 Å². The summed E-state index contributed by atoms with van der Waals surface area (Å²) in [5.74, 6) is -0.703. The maximum atomic E-state index is 12.4. The van der Waals surface area contributed by atoms with Gasteiger partial charge in [-0.25, -0.2) is 4.79 Å². The lowest BCUT2D eigenvalue weighted by atomic mass is 9.95. The van der Waals surface area contributed by atoms with E-state index in [0.29, 0.717) is 22.7 Å². The number of carbonyl (C=O) groups is 2. The Morgan fingerprint density at radius 2 is 2.15 bits per heavy atom. The minimum absolute atomic E-state index is 0.142. The second-order valence-electron chi connectivity index (χ2n) is 5.79. The summed E-state index contributed by atoms with van der Waals surface area (Å²) in [6, 6.07) is 3.33. The molecule has 6 nitrogen and oxygen atoms in total. The highest BCUT2D eigenvalue weighted by atomic mass is 32.1. The third kappa shape index (κ3) is 4.08. The van der Waals surface area contributed by atoms with Crippen molar-refractivity contribution >= 4 is 45.5 Å². The quantitative estimate of drug-likeness (QED) is 0.617. The number of aryl methyl sites for hydroxylation is 1. The van der Waals surface area contributed by atoms with Crippen molar-refractivity contribution in [3.63, 3.8) is 0 Å². The number of esters is 1. The molecule has 0 saturated carbocycles. The van der Waals surface area contributed by atoms with Crippen LogP contribution in [0.5, 0.6) is 0 Å². The van der Waals surface area contributed by atoms with E-state index in [1.165, 1.54) is 22.4 Å². The molecule has 0 saturated heterocycles. The Kier molecular flexibility index (Phi) is 5.95. The number of nitrogens with one attached hydrogen (secondary N) is 2. The SMILES string of the molecule is CCOC(=O)c1c(NC(=S)NC(=O)c2cccnc2)sc2c1CCCC2. The number of pyridine rings is 1. The van der Waals surface area contributed by atoms with Crippen LogP contribution in [0.2, 0.25) is 0 Å². The first-order valence-corrected chi connectivity index (χ1v) is 9.66. The summed E-state index contributed by atoms with van der Waals surface area (Å²) >= 11 is 6.76. The molecule has 2 heterocycles. The third-order valence-corrected chi connectivity index (χ3v) is 5.44. The molecule has 0 atom stereocenters. The van der Waals surface area contributed by atoms with Gasteiger partial charge in [-0.1, -0.05) is 0 Å². The van der Waals surface area contributed by atoms with Crippen LogP contribution in [0.25, 0.3) is 0 Å². The Morgan fingerprint density at radius 3 is 2.88 bits per heavy atom. The molecule has 0 bridgehead atoms.